The molecule has 0 aliphatic heterocycles. The summed E-state index contributed by atoms with van der Waals surface area (Å²) in [5, 5.41) is 0. The molecule has 0 heterocycles. The zero-order valence-corrected chi connectivity index (χ0v) is 55.4. The molecule has 4 nitrogen and oxygen atoms in total. The molecule has 6 heteroatoms. The molecule has 78 heavy (non-hydrogen) atoms. The Morgan fingerprint density at radius 3 is 0.987 bits per heavy atom. The molecule has 422 valence electrons. The largest absolute Gasteiger partial charge is 0.349 e. The number of allylic oxidation sites excluding steroid dienone is 4. The van der Waals surface area contributed by atoms with E-state index in [1.165, 1.54) is 44.5 Å². The quantitative estimate of drug-likeness (QED) is 0.128. The normalized spacial score (nSPS) is 16.8. The van der Waals surface area contributed by atoms with E-state index in [0.717, 1.165) is 72.3 Å². The summed E-state index contributed by atoms with van der Waals surface area (Å²) in [6.07, 6.45) is 0. The van der Waals surface area contributed by atoms with E-state index >= 15 is 0 Å². The molecule has 1 unspecified atom stereocenters. The first kappa shape index (κ1) is 61.9. The van der Waals surface area contributed by atoms with Gasteiger partial charge in [0, 0.05) is 5.92 Å². The van der Waals surface area contributed by atoms with Crippen LogP contribution in [0.4, 0.5) is 0 Å². The van der Waals surface area contributed by atoms with Crippen molar-refractivity contribution in [1.29, 1.82) is 0 Å². The predicted molar refractivity (Wildman–Crippen MR) is 342 cm³/mol. The number of aryl methyl sites for hydroxylation is 4. The zero-order valence-electron chi connectivity index (χ0n) is 53.6. The van der Waals surface area contributed by atoms with Crippen LogP contribution in [0.15, 0.2) is 66.7 Å². The highest BCUT2D eigenvalue weighted by Gasteiger charge is 2.63. The summed E-state index contributed by atoms with van der Waals surface area (Å²) in [5.41, 5.74) is 22.0. The zero-order chi connectivity index (χ0) is 59.3. The fourth-order valence-electron chi connectivity index (χ4n) is 13.6. The summed E-state index contributed by atoms with van der Waals surface area (Å²) < 4.78 is 0. The van der Waals surface area contributed by atoms with Gasteiger partial charge < -0.3 is 19.6 Å². The van der Waals surface area contributed by atoms with Crippen LogP contribution in [0.5, 0.6) is 0 Å². The van der Waals surface area contributed by atoms with Crippen LogP contribution in [0.2, 0.25) is 0 Å². The third kappa shape index (κ3) is 10.6. The highest BCUT2D eigenvalue weighted by atomic mass is 31.2. The summed E-state index contributed by atoms with van der Waals surface area (Å²) in [5.74, 6) is -0.485. The van der Waals surface area contributed by atoms with Crippen molar-refractivity contribution in [3.8, 4) is 11.1 Å². The van der Waals surface area contributed by atoms with Gasteiger partial charge in [0.25, 0.3) is 0 Å². The number of hydrogen-bond acceptors (Lipinski definition) is 4. The molecule has 5 aromatic rings. The van der Waals surface area contributed by atoms with Gasteiger partial charge in [0.2, 0.25) is 0 Å². The summed E-state index contributed by atoms with van der Waals surface area (Å²) in [6.45, 7) is 63.6. The van der Waals surface area contributed by atoms with Gasteiger partial charge in [-0.1, -0.05) is 233 Å². The van der Waals surface area contributed by atoms with Gasteiger partial charge in [-0.25, -0.2) is 0 Å². The lowest BCUT2D eigenvalue weighted by molar-refractivity contribution is 0.447. The minimum absolute atomic E-state index is 0.110. The average Bonchev–Trinajstić information content (AvgIpc) is 3.23. The van der Waals surface area contributed by atoms with Crippen LogP contribution in [0.25, 0.3) is 33.4 Å². The molecule has 0 saturated carbocycles. The van der Waals surface area contributed by atoms with E-state index in [1.54, 1.807) is 0 Å². The molecule has 0 saturated heterocycles. The van der Waals surface area contributed by atoms with Crippen molar-refractivity contribution in [2.75, 3.05) is 0 Å². The van der Waals surface area contributed by atoms with Crippen LogP contribution in [-0.2, 0) is 43.3 Å². The van der Waals surface area contributed by atoms with Crippen LogP contribution in [0, 0.1) is 27.7 Å². The third-order valence-corrected chi connectivity index (χ3v) is 20.2. The Morgan fingerprint density at radius 1 is 0.321 bits per heavy atom. The van der Waals surface area contributed by atoms with Crippen molar-refractivity contribution in [2.24, 2.45) is 0 Å². The molecule has 0 radical (unpaired) electrons. The lowest BCUT2D eigenvalue weighted by Crippen LogP contribution is -2.40. The first-order chi connectivity index (χ1) is 35.1. The fourth-order valence-corrected chi connectivity index (χ4v) is 16.0. The highest BCUT2D eigenvalue weighted by Crippen LogP contribution is 2.80. The summed E-state index contributed by atoms with van der Waals surface area (Å²) in [6, 6.07) is 25.6. The molecule has 0 amide bonds. The fraction of sp³-hybridized carbons (Fsp3) is 0.528. The molecule has 1 atom stereocenters. The minimum atomic E-state index is -3.19. The Hall–Kier alpha value is -3.72. The van der Waals surface area contributed by atoms with E-state index < -0.39 is 38.4 Å². The van der Waals surface area contributed by atoms with Crippen LogP contribution < -0.4 is 0 Å². The molecule has 5 aromatic carbocycles. The van der Waals surface area contributed by atoms with Crippen molar-refractivity contribution >= 4 is 39.0 Å². The Labute approximate surface area is 476 Å². The van der Waals surface area contributed by atoms with Gasteiger partial charge in [-0.3, -0.25) is 0 Å². The average molecular weight is 1090 g/mol. The highest BCUT2D eigenvalue weighted by molar-refractivity contribution is 7.68. The molecule has 0 spiro atoms. The number of fused-ring (bicyclic) bond motifs is 3. The van der Waals surface area contributed by atoms with E-state index in [4.69, 9.17) is 0 Å². The summed E-state index contributed by atoms with van der Waals surface area (Å²) in [7, 11) is -6.38. The molecule has 0 aromatic heterocycles. The molecule has 0 bridgehead atoms. The summed E-state index contributed by atoms with van der Waals surface area (Å²) in [4.78, 5) is 50.7. The topological polar surface area (TPSA) is 80.9 Å². The molecule has 7 rings (SSSR count). The van der Waals surface area contributed by atoms with Crippen LogP contribution >= 0.6 is 16.8 Å². The molecule has 0 fully saturated rings. The Kier molecular flexibility index (Phi) is 15.7. The van der Waals surface area contributed by atoms with Gasteiger partial charge in [0.1, 0.15) is 0 Å². The van der Waals surface area contributed by atoms with Crippen molar-refractivity contribution in [3.63, 3.8) is 0 Å². The van der Waals surface area contributed by atoms with Gasteiger partial charge >= 0.3 is 0 Å². The Morgan fingerprint density at radius 2 is 0.615 bits per heavy atom. The molecule has 4 N–H and O–H groups in total. The van der Waals surface area contributed by atoms with Crippen LogP contribution in [-0.4, -0.2) is 24.5 Å². The molecule has 2 aliphatic carbocycles. The lowest BCUT2D eigenvalue weighted by Gasteiger charge is -2.54. The van der Waals surface area contributed by atoms with Gasteiger partial charge in [-0.15, -0.1) is 0 Å². The second-order valence-electron chi connectivity index (χ2n) is 31.9. The third-order valence-electron chi connectivity index (χ3n) is 17.1. The number of benzene rings is 5. The van der Waals surface area contributed by atoms with Gasteiger partial charge in [-0.2, -0.15) is 0 Å². The maximum absolute atomic E-state index is 13.2. The SMILES string of the molecule is Cc1cc(C2=C(c3cc(C)c(C(C)(C)C)cc3C(C)(C)C)C(P(O)O)(P(O)O)C3=C(c4cccc(-c5cc(C)c(C(C)(C)C)cc5C(C)(C)C)c43)C2c2cc(C)c(C(C)(C)C)cc2C(C)(C)C)c(C(C)(C)C)cc1C(C)(C)C. The maximum Gasteiger partial charge on any atom is 0.190 e. The Balaban J connectivity index is 1.91. The standard InChI is InChI=1S/C72H100O4P2/c1-40-32-46(54(68(17,18)19)36-50(40)64(5,6)7)44-30-29-31-45-58(44)63-60(45)59(47-33-41(2)51(65(8,9)10)37-55(47)69(20,21)22)61(48-34-42(3)52(66(11,12)13)38-56(48)70(23,24)25)62(72(63,77(73)74)78(75)76)49-35-43(4)53(67(14,15)16)39-57(49)71(26,27)28/h29-39,59,73-76H,1-28H3. The second-order valence-corrected chi connectivity index (χ2v) is 34.7. The van der Waals surface area contributed by atoms with Gasteiger partial charge in [0.15, 0.2) is 21.6 Å². The first-order valence-corrected chi connectivity index (χ1v) is 31.2. The van der Waals surface area contributed by atoms with E-state index in [2.05, 4.69) is 261 Å². The summed E-state index contributed by atoms with van der Waals surface area (Å²) >= 11 is 0. The van der Waals surface area contributed by atoms with Gasteiger partial charge in [0.05, 0.1) is 0 Å². The smallest absolute Gasteiger partial charge is 0.190 e. The van der Waals surface area contributed by atoms with Crippen molar-refractivity contribution in [2.45, 2.75) is 248 Å². The van der Waals surface area contributed by atoms with Crippen molar-refractivity contribution in [1.82, 2.24) is 0 Å². The molecular weight excluding hydrogens is 991 g/mol. The van der Waals surface area contributed by atoms with Gasteiger partial charge in [-0.05, 0) is 199 Å². The van der Waals surface area contributed by atoms with E-state index in [9.17, 15) is 19.6 Å². The number of hydrogen-bond donors (Lipinski definition) is 4. The number of rotatable bonds is 6. The van der Waals surface area contributed by atoms with Crippen molar-refractivity contribution in [3.05, 3.63) is 161 Å². The van der Waals surface area contributed by atoms with E-state index in [0.29, 0.717) is 11.1 Å². The van der Waals surface area contributed by atoms with E-state index in [-0.39, 0.29) is 32.5 Å². The second kappa shape index (κ2) is 19.7. The monoisotopic (exact) mass is 1090 g/mol. The molecular formula is C72H100O4P2. The van der Waals surface area contributed by atoms with E-state index in [1.807, 2.05) is 0 Å². The maximum atomic E-state index is 13.2. The molecule has 2 aliphatic rings. The van der Waals surface area contributed by atoms with Crippen LogP contribution in [0.3, 0.4) is 0 Å². The lowest BCUT2D eigenvalue weighted by atomic mass is 9.57. The van der Waals surface area contributed by atoms with Crippen molar-refractivity contribution < 1.29 is 19.6 Å². The predicted octanol–water partition coefficient (Wildman–Crippen LogP) is 19.9. The first-order valence-electron chi connectivity index (χ1n) is 28.7. The Bertz CT molecular complexity index is 3270. The minimum Gasteiger partial charge on any atom is -0.349 e. The van der Waals surface area contributed by atoms with Crippen LogP contribution in [0.1, 0.15) is 267 Å².